The van der Waals surface area contributed by atoms with Gasteiger partial charge >= 0.3 is 0 Å². The Morgan fingerprint density at radius 3 is 2.07 bits per heavy atom. The quantitative estimate of drug-likeness (QED) is 0.282. The molecule has 30 heavy (non-hydrogen) atoms. The number of para-hydroxylation sites is 2. The molecule has 3 aromatic carbocycles. The van der Waals surface area contributed by atoms with Crippen molar-refractivity contribution in [3.8, 4) is 0 Å². The van der Waals surface area contributed by atoms with Gasteiger partial charge in [-0.05, 0) is 48.5 Å². The van der Waals surface area contributed by atoms with Crippen LogP contribution in [-0.2, 0) is 9.84 Å². The Labute approximate surface area is 171 Å². The summed E-state index contributed by atoms with van der Waals surface area (Å²) in [6.45, 7) is 0. The Morgan fingerprint density at radius 2 is 1.47 bits per heavy atom. The second kappa shape index (κ2) is 7.41. The molecule has 0 unspecified atom stereocenters. The van der Waals surface area contributed by atoms with Crippen LogP contribution in [-0.4, -0.2) is 23.3 Å². The number of nitrogens with two attached hydrogens (primary N) is 1. The third kappa shape index (κ3) is 3.63. The van der Waals surface area contributed by atoms with Crippen LogP contribution in [0.4, 0.5) is 22.9 Å². The second-order valence-electron chi connectivity index (χ2n) is 6.37. The monoisotopic (exact) mass is 421 g/mol. The Morgan fingerprint density at radius 1 is 0.867 bits per heavy atom. The van der Waals surface area contributed by atoms with E-state index < -0.39 is 14.8 Å². The molecule has 4 rings (SSSR count). The maximum Gasteiger partial charge on any atom is 0.269 e. The molecule has 0 spiro atoms. The number of nitro groups is 1. The van der Waals surface area contributed by atoms with E-state index in [1.165, 1.54) is 12.1 Å². The summed E-state index contributed by atoms with van der Waals surface area (Å²) in [7, 11) is -4.12. The highest BCUT2D eigenvalue weighted by molar-refractivity contribution is 7.91. The van der Waals surface area contributed by atoms with Gasteiger partial charge in [0, 0.05) is 23.5 Å². The van der Waals surface area contributed by atoms with Gasteiger partial charge in [0.25, 0.3) is 5.69 Å². The summed E-state index contributed by atoms with van der Waals surface area (Å²) in [4.78, 5) is 18.9. The maximum atomic E-state index is 13.3. The number of anilines is 3. The van der Waals surface area contributed by atoms with Crippen LogP contribution in [0.5, 0.6) is 0 Å². The van der Waals surface area contributed by atoms with Crippen LogP contribution in [0.2, 0.25) is 0 Å². The fraction of sp³-hybridized carbons (Fsp3) is 0. The van der Waals surface area contributed by atoms with Crippen LogP contribution < -0.4 is 11.1 Å². The van der Waals surface area contributed by atoms with Gasteiger partial charge in [0.15, 0.2) is 5.82 Å². The number of sulfone groups is 1. The average Bonchev–Trinajstić information content (AvgIpc) is 2.75. The fourth-order valence-electron chi connectivity index (χ4n) is 2.81. The van der Waals surface area contributed by atoms with E-state index in [1.807, 2.05) is 0 Å². The van der Waals surface area contributed by atoms with Crippen molar-refractivity contribution in [2.75, 3.05) is 11.1 Å². The molecule has 0 aliphatic carbocycles. The molecule has 0 aliphatic heterocycles. The topological polar surface area (TPSA) is 141 Å². The third-order valence-electron chi connectivity index (χ3n) is 4.32. The SMILES string of the molecule is Nc1ccc(Nc2nc3ccccc3nc2S(=O)(=O)c2ccc([N+](=O)[O-])cc2)cc1. The lowest BCUT2D eigenvalue weighted by Crippen LogP contribution is -2.10. The van der Waals surface area contributed by atoms with Crippen LogP contribution in [0, 0.1) is 10.1 Å². The Bertz CT molecular complexity index is 1350. The molecule has 150 valence electrons. The molecule has 3 N–H and O–H groups in total. The van der Waals surface area contributed by atoms with Crippen molar-refractivity contribution in [2.45, 2.75) is 9.92 Å². The van der Waals surface area contributed by atoms with Crippen molar-refractivity contribution in [1.29, 1.82) is 0 Å². The van der Waals surface area contributed by atoms with Crippen LogP contribution >= 0.6 is 0 Å². The van der Waals surface area contributed by atoms with E-state index in [1.54, 1.807) is 48.5 Å². The number of benzene rings is 3. The van der Waals surface area contributed by atoms with Gasteiger partial charge in [-0.3, -0.25) is 10.1 Å². The van der Waals surface area contributed by atoms with Crippen LogP contribution in [0.15, 0.2) is 82.7 Å². The number of aromatic nitrogens is 2. The number of fused-ring (bicyclic) bond motifs is 1. The molecule has 1 heterocycles. The van der Waals surface area contributed by atoms with Crippen molar-refractivity contribution in [3.05, 3.63) is 82.9 Å². The van der Waals surface area contributed by atoms with E-state index >= 15 is 0 Å². The molecule has 0 saturated heterocycles. The van der Waals surface area contributed by atoms with E-state index in [0.29, 0.717) is 22.4 Å². The molecule has 0 fully saturated rings. The van der Waals surface area contributed by atoms with Crippen LogP contribution in [0.3, 0.4) is 0 Å². The molecule has 1 aromatic heterocycles. The summed E-state index contributed by atoms with van der Waals surface area (Å²) in [5, 5.41) is 13.6. The summed E-state index contributed by atoms with van der Waals surface area (Å²) in [5.74, 6) is 0.0387. The van der Waals surface area contributed by atoms with Crippen molar-refractivity contribution >= 4 is 43.8 Å². The molecule has 10 heteroatoms. The Kier molecular flexibility index (Phi) is 4.76. The zero-order valence-corrected chi connectivity index (χ0v) is 16.2. The van der Waals surface area contributed by atoms with Gasteiger partial charge in [0.05, 0.1) is 20.9 Å². The summed E-state index contributed by atoms with van der Waals surface area (Å²) >= 11 is 0. The lowest BCUT2D eigenvalue weighted by Gasteiger charge is -2.12. The lowest BCUT2D eigenvalue weighted by molar-refractivity contribution is -0.384. The minimum atomic E-state index is -4.12. The first kappa shape index (κ1) is 19.3. The standard InChI is InChI=1S/C20H15N5O4S/c21-13-5-7-14(8-6-13)22-19-20(24-18-4-2-1-3-17(18)23-19)30(28,29)16-11-9-15(10-12-16)25(26)27/h1-12H,21H2,(H,22,23). The molecule has 0 bridgehead atoms. The zero-order valence-electron chi connectivity index (χ0n) is 15.4. The maximum absolute atomic E-state index is 13.3. The number of nitrogens with zero attached hydrogens (tertiary/aromatic N) is 3. The van der Waals surface area contributed by atoms with E-state index in [4.69, 9.17) is 5.73 Å². The molecule has 0 amide bonds. The Balaban J connectivity index is 1.86. The van der Waals surface area contributed by atoms with Gasteiger partial charge in [0.2, 0.25) is 14.9 Å². The first-order valence-corrected chi connectivity index (χ1v) is 10.2. The second-order valence-corrected chi connectivity index (χ2v) is 8.23. The molecule has 9 nitrogen and oxygen atoms in total. The highest BCUT2D eigenvalue weighted by Gasteiger charge is 2.26. The highest BCUT2D eigenvalue weighted by Crippen LogP contribution is 2.30. The molecule has 0 aliphatic rings. The van der Waals surface area contributed by atoms with Crippen LogP contribution in [0.1, 0.15) is 0 Å². The number of nitro benzene ring substituents is 1. The molecular weight excluding hydrogens is 406 g/mol. The van der Waals surface area contributed by atoms with Gasteiger partial charge in [-0.15, -0.1) is 0 Å². The number of hydrogen-bond acceptors (Lipinski definition) is 8. The molecule has 0 saturated carbocycles. The van der Waals surface area contributed by atoms with Gasteiger partial charge < -0.3 is 11.1 Å². The van der Waals surface area contributed by atoms with Crippen molar-refractivity contribution < 1.29 is 13.3 Å². The predicted octanol–water partition coefficient (Wildman–Crippen LogP) is 3.70. The fourth-order valence-corrected chi connectivity index (χ4v) is 4.10. The largest absolute Gasteiger partial charge is 0.399 e. The van der Waals surface area contributed by atoms with Gasteiger partial charge in [0.1, 0.15) is 0 Å². The first-order chi connectivity index (χ1) is 14.3. The predicted molar refractivity (Wildman–Crippen MR) is 112 cm³/mol. The van der Waals surface area contributed by atoms with Crippen molar-refractivity contribution in [1.82, 2.24) is 9.97 Å². The number of hydrogen-bond donors (Lipinski definition) is 2. The lowest BCUT2D eigenvalue weighted by atomic mass is 10.3. The third-order valence-corrected chi connectivity index (χ3v) is 6.01. The summed E-state index contributed by atoms with van der Waals surface area (Å²) < 4.78 is 26.6. The molecule has 4 aromatic rings. The van der Waals surface area contributed by atoms with Gasteiger partial charge in [-0.2, -0.15) is 0 Å². The van der Waals surface area contributed by atoms with Gasteiger partial charge in [-0.25, -0.2) is 18.4 Å². The van der Waals surface area contributed by atoms with E-state index in [2.05, 4.69) is 15.3 Å². The van der Waals surface area contributed by atoms with E-state index in [9.17, 15) is 18.5 Å². The molecule has 0 atom stereocenters. The number of rotatable bonds is 5. The van der Waals surface area contributed by atoms with Crippen molar-refractivity contribution in [3.63, 3.8) is 0 Å². The summed E-state index contributed by atoms with van der Waals surface area (Å²) in [6.07, 6.45) is 0. The van der Waals surface area contributed by atoms with E-state index in [0.717, 1.165) is 12.1 Å². The number of non-ortho nitro benzene ring substituents is 1. The minimum absolute atomic E-state index is 0.0387. The Hall–Kier alpha value is -4.05. The molecular formula is C20H15N5O4S. The van der Waals surface area contributed by atoms with Gasteiger partial charge in [-0.1, -0.05) is 12.1 Å². The summed E-state index contributed by atoms with van der Waals surface area (Å²) in [6, 6.07) is 18.2. The number of nitrogens with one attached hydrogen (secondary N) is 1. The normalized spacial score (nSPS) is 11.3. The average molecular weight is 421 g/mol. The van der Waals surface area contributed by atoms with E-state index in [-0.39, 0.29) is 21.4 Å². The zero-order chi connectivity index (χ0) is 21.3. The first-order valence-electron chi connectivity index (χ1n) is 8.73. The molecule has 0 radical (unpaired) electrons. The highest BCUT2D eigenvalue weighted by atomic mass is 32.2. The number of nitrogen functional groups attached to an aromatic ring is 1. The minimum Gasteiger partial charge on any atom is -0.399 e. The summed E-state index contributed by atoms with van der Waals surface area (Å²) in [5.41, 5.74) is 7.55. The van der Waals surface area contributed by atoms with Crippen molar-refractivity contribution in [2.24, 2.45) is 0 Å². The smallest absolute Gasteiger partial charge is 0.269 e. The van der Waals surface area contributed by atoms with Crippen LogP contribution in [0.25, 0.3) is 11.0 Å².